The summed E-state index contributed by atoms with van der Waals surface area (Å²) in [6.07, 6.45) is 7.00. The van der Waals surface area contributed by atoms with Crippen LogP contribution in [-0.2, 0) is 0 Å². The van der Waals surface area contributed by atoms with Crippen LogP contribution >= 0.6 is 11.3 Å². The molecule has 7 rings (SSSR count). The number of hydrogen-bond donors (Lipinski definition) is 1. The minimum Gasteiger partial charge on any atom is -0.423 e. The molecule has 128 valence electrons. The second-order valence-electron chi connectivity index (χ2n) is 7.54. The Kier molecular flexibility index (Phi) is 3.02. The first-order valence-electron chi connectivity index (χ1n) is 9.19. The average molecular weight is 352 g/mol. The molecule has 2 aromatic heterocycles. The number of rotatable bonds is 3. The number of thiazole rings is 1. The fourth-order valence-electron chi connectivity index (χ4n) is 4.39. The van der Waals surface area contributed by atoms with E-state index in [2.05, 4.69) is 27.3 Å². The Morgan fingerprint density at radius 2 is 2.04 bits per heavy atom. The summed E-state index contributed by atoms with van der Waals surface area (Å²) in [6.45, 7) is 1.99. The molecule has 25 heavy (non-hydrogen) atoms. The summed E-state index contributed by atoms with van der Waals surface area (Å²) in [5.41, 5.74) is 4.41. The first-order valence-corrected chi connectivity index (χ1v) is 10.1. The number of anilines is 1. The second-order valence-corrected chi connectivity index (χ2v) is 8.44. The van der Waals surface area contributed by atoms with Crippen LogP contribution in [0.4, 0.5) is 6.01 Å². The highest BCUT2D eigenvalue weighted by Gasteiger charge is 2.38. The summed E-state index contributed by atoms with van der Waals surface area (Å²) in [5, 5.41) is 6.60. The molecule has 4 aliphatic rings. The van der Waals surface area contributed by atoms with Gasteiger partial charge in [-0.1, -0.05) is 12.5 Å². The smallest absolute Gasteiger partial charge is 0.298 e. The van der Waals surface area contributed by atoms with E-state index in [1.165, 1.54) is 31.2 Å². The Labute approximate surface area is 150 Å². The first kappa shape index (κ1) is 14.3. The van der Waals surface area contributed by atoms with Gasteiger partial charge in [0, 0.05) is 36.8 Å². The zero-order valence-corrected chi connectivity index (χ0v) is 14.8. The van der Waals surface area contributed by atoms with Crippen molar-refractivity contribution in [1.82, 2.24) is 15.3 Å². The normalized spacial score (nSPS) is 25.8. The fourth-order valence-corrected chi connectivity index (χ4v) is 5.05. The molecule has 6 heteroatoms. The topological polar surface area (TPSA) is 54.2 Å². The number of aromatic nitrogens is 2. The van der Waals surface area contributed by atoms with Gasteiger partial charge in [0.1, 0.15) is 10.5 Å². The van der Waals surface area contributed by atoms with Gasteiger partial charge < -0.3 is 14.6 Å². The van der Waals surface area contributed by atoms with Crippen molar-refractivity contribution in [1.29, 1.82) is 0 Å². The van der Waals surface area contributed by atoms with E-state index in [4.69, 9.17) is 9.40 Å². The van der Waals surface area contributed by atoms with Gasteiger partial charge in [0.2, 0.25) is 0 Å². The largest absolute Gasteiger partial charge is 0.423 e. The summed E-state index contributed by atoms with van der Waals surface area (Å²) in [6, 6.07) is 6.41. The number of hydrogen-bond acceptors (Lipinski definition) is 6. The average Bonchev–Trinajstić information content (AvgIpc) is 3.23. The number of nitrogens with one attached hydrogen (secondary N) is 1. The highest BCUT2D eigenvalue weighted by molar-refractivity contribution is 7.13. The molecule has 0 spiro atoms. The van der Waals surface area contributed by atoms with Crippen molar-refractivity contribution >= 4 is 28.5 Å². The highest BCUT2D eigenvalue weighted by Crippen LogP contribution is 2.43. The minimum absolute atomic E-state index is 0.596. The molecule has 2 unspecified atom stereocenters. The number of piperidine rings is 1. The maximum Gasteiger partial charge on any atom is 0.298 e. The molecule has 3 aromatic rings. The molecule has 5 nitrogen and oxygen atoms in total. The van der Waals surface area contributed by atoms with Gasteiger partial charge >= 0.3 is 0 Å². The molecule has 2 bridgehead atoms. The standard InChI is InChI=1S/C19H20N4OS/c1-2-11(3-1)14-4-5-15(18-20-6-7-25-18)17-16(14)22-19(24-17)23-9-12-8-13(10-23)21-12/h4-7,11-13,21H,1-3,8-10H2. The predicted molar refractivity (Wildman–Crippen MR) is 99.3 cm³/mol. The molecule has 5 heterocycles. The SMILES string of the molecule is c1csc(-c2ccc(C3CCC3)c3nc(N4CC5CC(C4)N5)oc23)n1. The Morgan fingerprint density at radius 1 is 1.20 bits per heavy atom. The van der Waals surface area contributed by atoms with E-state index in [9.17, 15) is 0 Å². The van der Waals surface area contributed by atoms with Crippen molar-refractivity contribution in [3.63, 3.8) is 0 Å². The fraction of sp³-hybridized carbons (Fsp3) is 0.474. The molecule has 1 saturated carbocycles. The molecule has 3 saturated heterocycles. The zero-order valence-electron chi connectivity index (χ0n) is 13.9. The second kappa shape index (κ2) is 5.29. The van der Waals surface area contributed by atoms with Crippen LogP contribution in [0.25, 0.3) is 21.7 Å². The van der Waals surface area contributed by atoms with Crippen LogP contribution in [0.1, 0.15) is 37.2 Å². The number of fused-ring (bicyclic) bond motifs is 3. The van der Waals surface area contributed by atoms with Gasteiger partial charge in [-0.25, -0.2) is 4.98 Å². The van der Waals surface area contributed by atoms with Crippen LogP contribution in [-0.4, -0.2) is 35.1 Å². The molecule has 1 aromatic carbocycles. The molecule has 3 aliphatic heterocycles. The summed E-state index contributed by atoms with van der Waals surface area (Å²) in [4.78, 5) is 11.8. The van der Waals surface area contributed by atoms with Crippen molar-refractivity contribution in [2.75, 3.05) is 18.0 Å². The first-order chi connectivity index (χ1) is 12.3. The molecule has 2 atom stereocenters. The number of piperazine rings is 1. The van der Waals surface area contributed by atoms with Crippen LogP contribution in [0.2, 0.25) is 0 Å². The van der Waals surface area contributed by atoms with Crippen LogP contribution in [0.3, 0.4) is 0 Å². The molecule has 1 aliphatic carbocycles. The van der Waals surface area contributed by atoms with Crippen molar-refractivity contribution in [2.24, 2.45) is 0 Å². The van der Waals surface area contributed by atoms with Crippen molar-refractivity contribution in [2.45, 2.75) is 43.7 Å². The predicted octanol–water partition coefficient (Wildman–Crippen LogP) is 3.77. The van der Waals surface area contributed by atoms with Gasteiger partial charge in [0.05, 0.1) is 5.56 Å². The van der Waals surface area contributed by atoms with E-state index in [1.807, 2.05) is 11.6 Å². The molecule has 0 radical (unpaired) electrons. The minimum atomic E-state index is 0.596. The lowest BCUT2D eigenvalue weighted by Gasteiger charge is -2.47. The van der Waals surface area contributed by atoms with E-state index in [1.54, 1.807) is 11.3 Å². The van der Waals surface area contributed by atoms with Crippen LogP contribution < -0.4 is 10.2 Å². The summed E-state index contributed by atoms with van der Waals surface area (Å²) in [5.74, 6) is 0.641. The van der Waals surface area contributed by atoms with Gasteiger partial charge in [-0.15, -0.1) is 11.3 Å². The van der Waals surface area contributed by atoms with E-state index >= 15 is 0 Å². The summed E-state index contributed by atoms with van der Waals surface area (Å²) >= 11 is 1.65. The Bertz CT molecular complexity index is 914. The van der Waals surface area contributed by atoms with Gasteiger partial charge in [0.15, 0.2) is 5.58 Å². The molecular formula is C19H20N4OS. The third-order valence-electron chi connectivity index (χ3n) is 5.96. The monoisotopic (exact) mass is 352 g/mol. The number of benzene rings is 1. The van der Waals surface area contributed by atoms with E-state index in [-0.39, 0.29) is 0 Å². The van der Waals surface area contributed by atoms with Crippen molar-refractivity contribution < 1.29 is 4.42 Å². The van der Waals surface area contributed by atoms with Crippen LogP contribution in [0, 0.1) is 0 Å². The third kappa shape index (κ3) is 2.17. The van der Waals surface area contributed by atoms with Crippen LogP contribution in [0.5, 0.6) is 0 Å². The molecule has 0 amide bonds. The summed E-state index contributed by atoms with van der Waals surface area (Å²) < 4.78 is 6.34. The van der Waals surface area contributed by atoms with Gasteiger partial charge in [0.25, 0.3) is 6.01 Å². The number of nitrogens with zero attached hydrogens (tertiary/aromatic N) is 3. The van der Waals surface area contributed by atoms with E-state index in [0.717, 1.165) is 40.8 Å². The Morgan fingerprint density at radius 3 is 2.72 bits per heavy atom. The van der Waals surface area contributed by atoms with Gasteiger partial charge in [-0.2, -0.15) is 4.98 Å². The Hall–Kier alpha value is -1.92. The van der Waals surface area contributed by atoms with E-state index < -0.39 is 0 Å². The van der Waals surface area contributed by atoms with Gasteiger partial charge in [-0.3, -0.25) is 0 Å². The third-order valence-corrected chi connectivity index (χ3v) is 6.77. The maximum absolute atomic E-state index is 6.34. The lowest BCUT2D eigenvalue weighted by Crippen LogP contribution is -2.67. The zero-order chi connectivity index (χ0) is 16.4. The molecular weight excluding hydrogens is 332 g/mol. The van der Waals surface area contributed by atoms with Crippen molar-refractivity contribution in [3.8, 4) is 10.6 Å². The quantitative estimate of drug-likeness (QED) is 0.778. The summed E-state index contributed by atoms with van der Waals surface area (Å²) in [7, 11) is 0. The lowest BCUT2D eigenvalue weighted by atomic mass is 9.79. The lowest BCUT2D eigenvalue weighted by molar-refractivity contribution is 0.220. The van der Waals surface area contributed by atoms with Gasteiger partial charge in [-0.05, 0) is 36.8 Å². The van der Waals surface area contributed by atoms with Crippen molar-refractivity contribution in [3.05, 3.63) is 29.3 Å². The van der Waals surface area contributed by atoms with Crippen LogP contribution in [0.15, 0.2) is 28.1 Å². The maximum atomic E-state index is 6.34. The Balaban J connectivity index is 1.49. The highest BCUT2D eigenvalue weighted by atomic mass is 32.1. The van der Waals surface area contributed by atoms with E-state index in [0.29, 0.717) is 18.0 Å². The number of oxazole rings is 1. The molecule has 4 fully saturated rings. The molecule has 1 N–H and O–H groups in total.